The molecule has 0 saturated carbocycles. The van der Waals surface area contributed by atoms with Crippen LogP contribution in [0.4, 0.5) is 4.39 Å². The molecule has 2 aromatic carbocycles. The lowest BCUT2D eigenvalue weighted by Gasteiger charge is -2.09. The summed E-state index contributed by atoms with van der Waals surface area (Å²) >= 11 is 0. The molecule has 3 heteroatoms. The molecule has 0 N–H and O–H groups in total. The van der Waals surface area contributed by atoms with Crippen LogP contribution in [0.5, 0.6) is 5.75 Å². The highest BCUT2D eigenvalue weighted by Gasteiger charge is 2.12. The maximum Gasteiger partial charge on any atom is 0.203 e. The number of halogens is 1. The fraction of sp³-hybridized carbons (Fsp3) is 0.188. The minimum absolute atomic E-state index is 0.0628. The van der Waals surface area contributed by atoms with Crippen LogP contribution in [0.2, 0.25) is 0 Å². The number of benzene rings is 2. The summed E-state index contributed by atoms with van der Waals surface area (Å²) in [5, 5.41) is 0. The topological polar surface area (TPSA) is 26.3 Å². The van der Waals surface area contributed by atoms with E-state index in [0.717, 1.165) is 11.1 Å². The molecule has 98 valence electrons. The largest absolute Gasteiger partial charge is 0.485 e. The number of ether oxygens (including phenoxy) is 1. The first-order valence-corrected chi connectivity index (χ1v) is 6.05. The van der Waals surface area contributed by atoms with Crippen molar-refractivity contribution in [3.63, 3.8) is 0 Å². The first-order chi connectivity index (χ1) is 9.08. The van der Waals surface area contributed by atoms with E-state index in [-0.39, 0.29) is 18.0 Å². The standard InChI is InChI=1S/C16H15FO2/c1-11-7-8-12(2)16(9-11)19-10-15(18)13-5-3-4-6-14(13)17/h3-9H,10H2,1-2H3. The Balaban J connectivity index is 2.09. The van der Waals surface area contributed by atoms with E-state index in [2.05, 4.69) is 0 Å². The predicted molar refractivity (Wildman–Crippen MR) is 72.1 cm³/mol. The number of hydrogen-bond acceptors (Lipinski definition) is 2. The molecule has 0 unspecified atom stereocenters. The van der Waals surface area contributed by atoms with Gasteiger partial charge in [-0.05, 0) is 43.2 Å². The summed E-state index contributed by atoms with van der Waals surface area (Å²) in [6.45, 7) is 3.69. The summed E-state index contributed by atoms with van der Waals surface area (Å²) in [7, 11) is 0. The molecule has 0 amide bonds. The molecule has 2 aromatic rings. The number of aryl methyl sites for hydroxylation is 2. The molecule has 0 aliphatic rings. The second-order valence-electron chi connectivity index (χ2n) is 4.46. The number of carbonyl (C=O) groups excluding carboxylic acids is 1. The van der Waals surface area contributed by atoms with Crippen molar-refractivity contribution >= 4 is 5.78 Å². The second-order valence-corrected chi connectivity index (χ2v) is 4.46. The molecule has 19 heavy (non-hydrogen) atoms. The minimum atomic E-state index is -0.517. The van der Waals surface area contributed by atoms with Gasteiger partial charge in [0.25, 0.3) is 0 Å². The summed E-state index contributed by atoms with van der Waals surface area (Å²) < 4.78 is 18.9. The van der Waals surface area contributed by atoms with Gasteiger partial charge in [-0.2, -0.15) is 0 Å². The smallest absolute Gasteiger partial charge is 0.203 e. The van der Waals surface area contributed by atoms with Crippen molar-refractivity contribution < 1.29 is 13.9 Å². The van der Waals surface area contributed by atoms with Gasteiger partial charge < -0.3 is 4.74 Å². The maximum atomic E-state index is 13.4. The maximum absolute atomic E-state index is 13.4. The fourth-order valence-corrected chi connectivity index (χ4v) is 1.77. The first-order valence-electron chi connectivity index (χ1n) is 6.05. The van der Waals surface area contributed by atoms with Crippen molar-refractivity contribution in [1.29, 1.82) is 0 Å². The molecule has 0 aliphatic heterocycles. The Labute approximate surface area is 111 Å². The Morgan fingerprint density at radius 2 is 1.89 bits per heavy atom. The quantitative estimate of drug-likeness (QED) is 0.781. The second kappa shape index (κ2) is 5.65. The molecule has 0 atom stereocenters. The minimum Gasteiger partial charge on any atom is -0.485 e. The molecule has 0 spiro atoms. The molecule has 2 nitrogen and oxygen atoms in total. The molecular weight excluding hydrogens is 243 g/mol. The molecule has 0 heterocycles. The normalized spacial score (nSPS) is 10.3. The summed E-state index contributed by atoms with van der Waals surface area (Å²) in [6, 6.07) is 11.7. The van der Waals surface area contributed by atoms with Crippen LogP contribution in [0.15, 0.2) is 42.5 Å². The summed E-state index contributed by atoms with van der Waals surface area (Å²) in [6.07, 6.45) is 0. The van der Waals surface area contributed by atoms with Gasteiger partial charge in [-0.25, -0.2) is 4.39 Å². The molecule has 0 aliphatic carbocycles. The van der Waals surface area contributed by atoms with Crippen molar-refractivity contribution in [2.24, 2.45) is 0 Å². The zero-order valence-corrected chi connectivity index (χ0v) is 10.9. The highest BCUT2D eigenvalue weighted by atomic mass is 19.1. The van der Waals surface area contributed by atoms with Gasteiger partial charge >= 0.3 is 0 Å². The lowest BCUT2D eigenvalue weighted by Crippen LogP contribution is -2.13. The van der Waals surface area contributed by atoms with Gasteiger partial charge in [-0.1, -0.05) is 24.3 Å². The molecule has 0 radical (unpaired) electrons. The van der Waals surface area contributed by atoms with Crippen molar-refractivity contribution in [3.05, 3.63) is 65.0 Å². The van der Waals surface area contributed by atoms with Crippen LogP contribution in [0, 0.1) is 19.7 Å². The lowest BCUT2D eigenvalue weighted by atomic mass is 10.1. The monoisotopic (exact) mass is 258 g/mol. The zero-order valence-electron chi connectivity index (χ0n) is 10.9. The van der Waals surface area contributed by atoms with Crippen LogP contribution in [-0.4, -0.2) is 12.4 Å². The van der Waals surface area contributed by atoms with E-state index in [1.165, 1.54) is 12.1 Å². The molecule has 0 fully saturated rings. The van der Waals surface area contributed by atoms with Gasteiger partial charge in [0.05, 0.1) is 5.56 Å². The summed E-state index contributed by atoms with van der Waals surface area (Å²) in [5.74, 6) is -0.222. The zero-order chi connectivity index (χ0) is 13.8. The van der Waals surface area contributed by atoms with E-state index >= 15 is 0 Å². The Morgan fingerprint density at radius 3 is 2.63 bits per heavy atom. The van der Waals surface area contributed by atoms with E-state index in [9.17, 15) is 9.18 Å². The van der Waals surface area contributed by atoms with Crippen LogP contribution >= 0.6 is 0 Å². The molecule has 0 aromatic heterocycles. The summed E-state index contributed by atoms with van der Waals surface area (Å²) in [4.78, 5) is 11.9. The predicted octanol–water partition coefficient (Wildman–Crippen LogP) is 3.70. The molecular formula is C16H15FO2. The van der Waals surface area contributed by atoms with Gasteiger partial charge in [0.2, 0.25) is 5.78 Å². The van der Waals surface area contributed by atoms with E-state index in [1.54, 1.807) is 12.1 Å². The van der Waals surface area contributed by atoms with Crippen molar-refractivity contribution in [2.75, 3.05) is 6.61 Å². The van der Waals surface area contributed by atoms with Gasteiger partial charge in [0, 0.05) is 0 Å². The number of rotatable bonds is 4. The van der Waals surface area contributed by atoms with Crippen molar-refractivity contribution in [1.82, 2.24) is 0 Å². The fourth-order valence-electron chi connectivity index (χ4n) is 1.77. The van der Waals surface area contributed by atoms with Gasteiger partial charge in [0.15, 0.2) is 6.61 Å². The van der Waals surface area contributed by atoms with Gasteiger partial charge in [-0.15, -0.1) is 0 Å². The molecule has 0 saturated heterocycles. The Bertz CT molecular complexity index is 605. The number of ketones is 1. The third kappa shape index (κ3) is 3.19. The third-order valence-electron chi connectivity index (χ3n) is 2.88. The van der Waals surface area contributed by atoms with Gasteiger partial charge in [0.1, 0.15) is 11.6 Å². The third-order valence-corrected chi connectivity index (χ3v) is 2.88. The molecule has 2 rings (SSSR count). The average Bonchev–Trinajstić information content (AvgIpc) is 2.40. The highest BCUT2D eigenvalue weighted by Crippen LogP contribution is 2.19. The number of Topliss-reactive ketones (excluding diaryl/α,β-unsaturated/α-hetero) is 1. The number of hydrogen-bond donors (Lipinski definition) is 0. The summed E-state index contributed by atoms with van der Waals surface area (Å²) in [5.41, 5.74) is 2.07. The first kappa shape index (κ1) is 13.3. The lowest BCUT2D eigenvalue weighted by molar-refractivity contribution is 0.0917. The van der Waals surface area contributed by atoms with Crippen molar-refractivity contribution in [2.45, 2.75) is 13.8 Å². The highest BCUT2D eigenvalue weighted by molar-refractivity contribution is 5.97. The average molecular weight is 258 g/mol. The number of carbonyl (C=O) groups is 1. The van der Waals surface area contributed by atoms with Crippen LogP contribution < -0.4 is 4.74 Å². The SMILES string of the molecule is Cc1ccc(C)c(OCC(=O)c2ccccc2F)c1. The Hall–Kier alpha value is -2.16. The Kier molecular flexibility index (Phi) is 3.95. The van der Waals surface area contributed by atoms with E-state index in [0.29, 0.717) is 5.75 Å². The molecule has 0 bridgehead atoms. The van der Waals surface area contributed by atoms with E-state index < -0.39 is 5.82 Å². The van der Waals surface area contributed by atoms with E-state index in [1.807, 2.05) is 32.0 Å². The van der Waals surface area contributed by atoms with E-state index in [4.69, 9.17) is 4.74 Å². The Morgan fingerprint density at radius 1 is 1.16 bits per heavy atom. The van der Waals surface area contributed by atoms with Crippen LogP contribution in [0.1, 0.15) is 21.5 Å². The van der Waals surface area contributed by atoms with Crippen LogP contribution in [-0.2, 0) is 0 Å². The van der Waals surface area contributed by atoms with Crippen molar-refractivity contribution in [3.8, 4) is 5.75 Å². The van der Waals surface area contributed by atoms with Crippen LogP contribution in [0.25, 0.3) is 0 Å². The van der Waals surface area contributed by atoms with Gasteiger partial charge in [-0.3, -0.25) is 4.79 Å². The van der Waals surface area contributed by atoms with Crippen LogP contribution in [0.3, 0.4) is 0 Å².